The van der Waals surface area contributed by atoms with Crippen molar-refractivity contribution in [2.45, 2.75) is 57.8 Å². The maximum absolute atomic E-state index is 5.74. The van der Waals surface area contributed by atoms with Crippen molar-refractivity contribution in [1.29, 1.82) is 0 Å². The van der Waals surface area contributed by atoms with Gasteiger partial charge in [0.05, 0.1) is 33.8 Å². The predicted molar refractivity (Wildman–Crippen MR) is 129 cm³/mol. The zero-order valence-corrected chi connectivity index (χ0v) is 20.4. The van der Waals surface area contributed by atoms with Crippen molar-refractivity contribution >= 4 is 16.3 Å². The highest BCUT2D eigenvalue weighted by molar-refractivity contribution is 5.87. The lowest BCUT2D eigenvalue weighted by atomic mass is 9.82. The quantitative estimate of drug-likeness (QED) is 0.596. The molecule has 1 saturated carbocycles. The molecule has 1 aromatic carbocycles. The number of benzene rings is 1. The highest BCUT2D eigenvalue weighted by Gasteiger charge is 2.33. The molecule has 5 rings (SSSR count). The molecule has 2 aliphatic carbocycles. The van der Waals surface area contributed by atoms with Gasteiger partial charge in [-0.3, -0.25) is 0 Å². The molecule has 176 valence electrons. The number of pyridine rings is 1. The molecule has 1 atom stereocenters. The molecule has 2 aromatic rings. The van der Waals surface area contributed by atoms with Crippen molar-refractivity contribution < 1.29 is 23.2 Å². The Labute approximate surface area is 196 Å². The minimum atomic E-state index is 0.457. The molecule has 33 heavy (non-hydrogen) atoms. The van der Waals surface area contributed by atoms with Gasteiger partial charge in [-0.05, 0) is 36.3 Å². The molecule has 2 heterocycles. The van der Waals surface area contributed by atoms with Crippen molar-refractivity contribution in [2.24, 2.45) is 11.8 Å². The standard InChI is InChI=1S/C28H36NO4/c1-30-25-14-19-10-11-29-23(12-18-8-6-5-7-9-18)22-17-28(33-4)26(31-2)15-20(22)13-24(29)21(19)16-27(25)32-3/h11,13,15,17-19H,5-10,12,14,16H2,1-4H3/q+1. The molecular formula is C28H36NO4+. The minimum absolute atomic E-state index is 0.457. The molecule has 1 unspecified atom stereocenters. The number of hydrogen-bond acceptors (Lipinski definition) is 4. The lowest BCUT2D eigenvalue weighted by Crippen LogP contribution is -2.47. The van der Waals surface area contributed by atoms with E-state index in [9.17, 15) is 0 Å². The fourth-order valence-corrected chi connectivity index (χ4v) is 6.10. The number of allylic oxidation sites excluding steroid dienone is 2. The second-order valence-electron chi connectivity index (χ2n) is 9.62. The molecule has 0 saturated heterocycles. The Morgan fingerprint density at radius 2 is 1.58 bits per heavy atom. The summed E-state index contributed by atoms with van der Waals surface area (Å²) >= 11 is 0. The SMILES string of the molecule is COC1=C(OC)CC2CC=[n+]3c(CC4CCCCC4)c4cc(OC)c(OC)cc4cc3=C2C1. The topological polar surface area (TPSA) is 42.8 Å². The van der Waals surface area contributed by atoms with Gasteiger partial charge >= 0.3 is 0 Å². The third-order valence-corrected chi connectivity index (χ3v) is 7.90. The summed E-state index contributed by atoms with van der Waals surface area (Å²) in [6, 6.07) is 6.65. The third-order valence-electron chi connectivity index (χ3n) is 7.90. The maximum Gasteiger partial charge on any atom is 0.211 e. The van der Waals surface area contributed by atoms with Crippen LogP contribution in [0.15, 0.2) is 29.7 Å². The fraction of sp³-hybridized carbons (Fsp3) is 0.536. The van der Waals surface area contributed by atoms with Crippen LogP contribution in [0.5, 0.6) is 11.5 Å². The summed E-state index contributed by atoms with van der Waals surface area (Å²) in [6.45, 7) is 0. The Kier molecular flexibility index (Phi) is 6.22. The molecule has 0 amide bonds. The van der Waals surface area contributed by atoms with E-state index in [1.807, 2.05) is 0 Å². The molecule has 1 aromatic heterocycles. The Morgan fingerprint density at radius 3 is 2.27 bits per heavy atom. The summed E-state index contributed by atoms with van der Waals surface area (Å²) in [6.07, 6.45) is 13.0. The van der Waals surface area contributed by atoms with Gasteiger partial charge in [-0.25, -0.2) is 0 Å². The molecule has 0 bridgehead atoms. The van der Waals surface area contributed by atoms with Crippen LogP contribution < -0.4 is 19.1 Å². The molecule has 0 N–H and O–H groups in total. The summed E-state index contributed by atoms with van der Waals surface area (Å²) in [4.78, 5) is 0. The Bertz CT molecular complexity index is 1210. The van der Waals surface area contributed by atoms with E-state index < -0.39 is 0 Å². The van der Waals surface area contributed by atoms with Crippen LogP contribution in [-0.4, -0.2) is 28.4 Å². The molecule has 1 aliphatic heterocycles. The van der Waals surface area contributed by atoms with Crippen LogP contribution in [0.3, 0.4) is 0 Å². The van der Waals surface area contributed by atoms with Crippen LogP contribution in [0, 0.1) is 18.1 Å². The molecule has 5 heteroatoms. The largest absolute Gasteiger partial charge is 0.498 e. The number of aromatic nitrogens is 1. The highest BCUT2D eigenvalue weighted by Crippen LogP contribution is 2.39. The molecule has 0 radical (unpaired) electrons. The van der Waals surface area contributed by atoms with Crippen molar-refractivity contribution in [2.75, 3.05) is 28.4 Å². The van der Waals surface area contributed by atoms with Crippen LogP contribution >= 0.6 is 0 Å². The first-order valence-electron chi connectivity index (χ1n) is 12.3. The van der Waals surface area contributed by atoms with E-state index in [0.29, 0.717) is 5.92 Å². The van der Waals surface area contributed by atoms with Crippen molar-refractivity contribution in [1.82, 2.24) is 0 Å². The maximum atomic E-state index is 5.74. The van der Waals surface area contributed by atoms with Gasteiger partial charge in [0.25, 0.3) is 0 Å². The first kappa shape index (κ1) is 22.1. The van der Waals surface area contributed by atoms with Crippen LogP contribution in [0.25, 0.3) is 16.3 Å². The number of methoxy groups -OCH3 is 4. The molecular weight excluding hydrogens is 414 g/mol. The predicted octanol–water partition coefficient (Wildman–Crippen LogP) is 4.75. The number of ether oxygens (including phenoxy) is 4. The lowest BCUT2D eigenvalue weighted by molar-refractivity contribution is -0.537. The second-order valence-corrected chi connectivity index (χ2v) is 9.62. The number of rotatable bonds is 6. The van der Waals surface area contributed by atoms with Crippen LogP contribution in [0.2, 0.25) is 0 Å². The molecule has 0 spiro atoms. The van der Waals surface area contributed by atoms with Gasteiger partial charge in [0.15, 0.2) is 23.4 Å². The minimum Gasteiger partial charge on any atom is -0.498 e. The summed E-state index contributed by atoms with van der Waals surface area (Å²) in [5, 5.41) is 3.79. The van der Waals surface area contributed by atoms with Gasteiger partial charge < -0.3 is 18.9 Å². The third kappa shape index (κ3) is 3.96. The Morgan fingerprint density at radius 1 is 0.848 bits per heavy atom. The van der Waals surface area contributed by atoms with E-state index >= 15 is 0 Å². The highest BCUT2D eigenvalue weighted by atomic mass is 16.5. The normalized spacial score (nSPS) is 20.7. The number of hydrogen-bond donors (Lipinski definition) is 0. The first-order chi connectivity index (χ1) is 16.2. The van der Waals surface area contributed by atoms with E-state index in [1.54, 1.807) is 28.4 Å². The van der Waals surface area contributed by atoms with Gasteiger partial charge in [0.2, 0.25) is 5.35 Å². The average Bonchev–Trinajstić information content (AvgIpc) is 2.87. The summed E-state index contributed by atoms with van der Waals surface area (Å²) in [5.74, 6) is 4.72. The zero-order chi connectivity index (χ0) is 22.9. The molecule has 5 nitrogen and oxygen atoms in total. The Balaban J connectivity index is 1.76. The Hall–Kier alpha value is -2.69. The second kappa shape index (κ2) is 9.28. The van der Waals surface area contributed by atoms with Crippen molar-refractivity contribution in [3.63, 3.8) is 0 Å². The van der Waals surface area contributed by atoms with E-state index in [1.165, 1.54) is 59.5 Å². The summed E-state index contributed by atoms with van der Waals surface area (Å²) < 4.78 is 25.2. The smallest absolute Gasteiger partial charge is 0.211 e. The first-order valence-corrected chi connectivity index (χ1v) is 12.3. The van der Waals surface area contributed by atoms with Gasteiger partial charge in [0.1, 0.15) is 11.5 Å². The number of fused-ring (bicyclic) bond motifs is 3. The van der Waals surface area contributed by atoms with Crippen molar-refractivity contribution in [3.8, 4) is 11.5 Å². The zero-order valence-electron chi connectivity index (χ0n) is 20.4. The molecule has 1 fully saturated rings. The lowest BCUT2D eigenvalue weighted by Gasteiger charge is -2.27. The fourth-order valence-electron chi connectivity index (χ4n) is 6.10. The van der Waals surface area contributed by atoms with Gasteiger partial charge in [0, 0.05) is 43.2 Å². The van der Waals surface area contributed by atoms with Gasteiger partial charge in [-0.2, -0.15) is 4.24 Å². The van der Waals surface area contributed by atoms with Crippen LogP contribution in [0.4, 0.5) is 0 Å². The summed E-state index contributed by atoms with van der Waals surface area (Å²) in [7, 11) is 6.94. The average molecular weight is 451 g/mol. The monoisotopic (exact) mass is 450 g/mol. The molecule has 3 aliphatic rings. The van der Waals surface area contributed by atoms with E-state index in [-0.39, 0.29) is 0 Å². The summed E-state index contributed by atoms with van der Waals surface area (Å²) in [5.41, 5.74) is 2.86. The van der Waals surface area contributed by atoms with Gasteiger partial charge in [-0.15, -0.1) is 0 Å². The van der Waals surface area contributed by atoms with Crippen LogP contribution in [-0.2, 0) is 15.9 Å². The van der Waals surface area contributed by atoms with Crippen LogP contribution in [0.1, 0.15) is 57.1 Å². The van der Waals surface area contributed by atoms with E-state index in [2.05, 4.69) is 28.7 Å². The van der Waals surface area contributed by atoms with E-state index in [0.717, 1.165) is 54.6 Å². The van der Waals surface area contributed by atoms with E-state index in [4.69, 9.17) is 18.9 Å². The van der Waals surface area contributed by atoms with Crippen molar-refractivity contribution in [3.05, 3.63) is 47.0 Å². The van der Waals surface area contributed by atoms with Gasteiger partial charge in [-0.1, -0.05) is 19.3 Å². The number of nitrogens with zero attached hydrogens (tertiary/aromatic N) is 1.